The van der Waals surface area contributed by atoms with Crippen LogP contribution in [0.3, 0.4) is 0 Å². The Labute approximate surface area is 175 Å². The van der Waals surface area contributed by atoms with E-state index < -0.39 is 0 Å². The van der Waals surface area contributed by atoms with Crippen molar-refractivity contribution in [3.8, 4) is 0 Å². The average Bonchev–Trinajstić information content (AvgIpc) is 2.71. The molecule has 0 N–H and O–H groups in total. The molecule has 0 aromatic heterocycles. The standard InChI is InChI=1S/C10H15.3C4H9O.Ti/c1-7-6-10(4,5)9(3)8(7)2;3*1-4(2)3-5;/h1-5H3;3*4H,3H2,1-2H3;/q;3*-1;+3. The second kappa shape index (κ2) is 16.1. The van der Waals surface area contributed by atoms with Crippen molar-refractivity contribution in [2.24, 2.45) is 23.2 Å². The van der Waals surface area contributed by atoms with Crippen LogP contribution in [0, 0.1) is 23.2 Å². The number of hydrogen-bond acceptors (Lipinski definition) is 3. The van der Waals surface area contributed by atoms with Gasteiger partial charge in [-0.05, 0) is 0 Å². The summed E-state index contributed by atoms with van der Waals surface area (Å²) in [4.78, 5) is 0. The van der Waals surface area contributed by atoms with Gasteiger partial charge in [-0.1, -0.05) is 59.3 Å². The van der Waals surface area contributed by atoms with Crippen LogP contribution < -0.4 is 15.3 Å². The number of rotatable bonds is 3. The van der Waals surface area contributed by atoms with Gasteiger partial charge in [-0.3, -0.25) is 0 Å². The molecule has 3 nitrogen and oxygen atoms in total. The molecule has 0 aromatic carbocycles. The van der Waals surface area contributed by atoms with E-state index in [9.17, 15) is 15.3 Å². The zero-order valence-corrected chi connectivity index (χ0v) is 20.6. The molecular formula is C22H42O3Ti. The molecule has 0 saturated heterocycles. The Morgan fingerprint density at radius 1 is 0.692 bits per heavy atom. The van der Waals surface area contributed by atoms with Gasteiger partial charge in [-0.25, -0.2) is 0 Å². The SMILES string of the molecule is CC(C)C[O-].CC(C)C[O-].CC(C)C[O-].CC1=C(C)C(C)(C)[C]([Ti+3])=C1C. The van der Waals surface area contributed by atoms with Crippen LogP contribution in [0.15, 0.2) is 20.6 Å². The molecule has 0 aromatic rings. The summed E-state index contributed by atoms with van der Waals surface area (Å²) in [5.41, 5.74) is 4.83. The third-order valence-electron chi connectivity index (χ3n) is 4.06. The molecule has 0 atom stereocenters. The van der Waals surface area contributed by atoms with Crippen molar-refractivity contribution in [2.75, 3.05) is 19.8 Å². The Balaban J connectivity index is -0.000000300. The second-order valence-corrected chi connectivity index (χ2v) is 9.34. The maximum atomic E-state index is 9.63. The van der Waals surface area contributed by atoms with Crippen LogP contribution in [0.4, 0.5) is 0 Å². The predicted octanol–water partition coefficient (Wildman–Crippen LogP) is 3.19. The molecule has 0 amide bonds. The van der Waals surface area contributed by atoms with Crippen LogP contribution in [0.25, 0.3) is 0 Å². The molecule has 0 spiro atoms. The zero-order valence-electron chi connectivity index (χ0n) is 19.1. The van der Waals surface area contributed by atoms with E-state index in [1.54, 1.807) is 0 Å². The normalized spacial score (nSPS) is 15.5. The van der Waals surface area contributed by atoms with Crippen molar-refractivity contribution >= 4 is 0 Å². The summed E-state index contributed by atoms with van der Waals surface area (Å²) in [6, 6.07) is 0. The topological polar surface area (TPSA) is 69.2 Å². The van der Waals surface area contributed by atoms with Gasteiger partial charge >= 0.3 is 81.1 Å². The summed E-state index contributed by atoms with van der Waals surface area (Å²) in [7, 11) is 0. The van der Waals surface area contributed by atoms with E-state index in [-0.39, 0.29) is 19.8 Å². The van der Waals surface area contributed by atoms with Crippen molar-refractivity contribution in [3.05, 3.63) is 20.6 Å². The first-order valence-electron chi connectivity index (χ1n) is 9.55. The molecule has 4 heteroatoms. The van der Waals surface area contributed by atoms with Crippen LogP contribution in [-0.2, 0) is 20.4 Å². The van der Waals surface area contributed by atoms with E-state index in [0.717, 1.165) is 0 Å². The molecular weight excluding hydrogens is 360 g/mol. The Morgan fingerprint density at radius 3 is 0.962 bits per heavy atom. The first-order chi connectivity index (χ1) is 11.7. The first kappa shape index (κ1) is 30.8. The maximum absolute atomic E-state index is 9.63. The van der Waals surface area contributed by atoms with Crippen molar-refractivity contribution in [2.45, 2.75) is 76.2 Å². The van der Waals surface area contributed by atoms with E-state index in [2.05, 4.69) is 55.1 Å². The van der Waals surface area contributed by atoms with Gasteiger partial charge in [0, 0.05) is 0 Å². The van der Waals surface area contributed by atoms with E-state index in [1.807, 2.05) is 41.5 Å². The molecule has 0 fully saturated rings. The fourth-order valence-corrected chi connectivity index (χ4v) is 2.18. The monoisotopic (exact) mass is 402 g/mol. The summed E-state index contributed by atoms with van der Waals surface area (Å²) in [5.74, 6) is 0.986. The first-order valence-corrected chi connectivity index (χ1v) is 10.3. The molecule has 0 saturated carbocycles. The molecule has 0 radical (unpaired) electrons. The van der Waals surface area contributed by atoms with Crippen LogP contribution in [0.1, 0.15) is 76.2 Å². The van der Waals surface area contributed by atoms with E-state index in [4.69, 9.17) is 0 Å². The Kier molecular flexibility index (Phi) is 19.0. The van der Waals surface area contributed by atoms with E-state index >= 15 is 0 Å². The van der Waals surface area contributed by atoms with E-state index in [0.29, 0.717) is 23.2 Å². The van der Waals surface area contributed by atoms with Gasteiger partial charge in [0.25, 0.3) is 0 Å². The summed E-state index contributed by atoms with van der Waals surface area (Å²) < 4.78 is 1.53. The molecule has 1 aliphatic rings. The van der Waals surface area contributed by atoms with Gasteiger partial charge in [-0.15, -0.1) is 19.8 Å². The van der Waals surface area contributed by atoms with Gasteiger partial charge in [-0.2, -0.15) is 0 Å². The third-order valence-corrected chi connectivity index (χ3v) is 5.62. The average molecular weight is 402 g/mol. The van der Waals surface area contributed by atoms with Gasteiger partial charge in [0.05, 0.1) is 0 Å². The van der Waals surface area contributed by atoms with Crippen LogP contribution in [0.2, 0.25) is 0 Å². The van der Waals surface area contributed by atoms with Crippen molar-refractivity contribution in [3.63, 3.8) is 0 Å². The predicted molar refractivity (Wildman–Crippen MR) is 104 cm³/mol. The van der Waals surface area contributed by atoms with Crippen molar-refractivity contribution < 1.29 is 35.8 Å². The molecule has 0 aliphatic heterocycles. The third kappa shape index (κ3) is 14.2. The van der Waals surface area contributed by atoms with Crippen LogP contribution >= 0.6 is 0 Å². The Hall–Kier alpha value is 0.0743. The van der Waals surface area contributed by atoms with Crippen LogP contribution in [-0.4, -0.2) is 19.8 Å². The molecule has 0 heterocycles. The number of hydrogen-bond donors (Lipinski definition) is 0. The molecule has 26 heavy (non-hydrogen) atoms. The molecule has 152 valence electrons. The second-order valence-electron chi connectivity index (χ2n) is 8.56. The van der Waals surface area contributed by atoms with E-state index in [1.165, 1.54) is 20.6 Å². The summed E-state index contributed by atoms with van der Waals surface area (Å²) in [5, 5.41) is 28.9. The summed E-state index contributed by atoms with van der Waals surface area (Å²) >= 11 is 2.25. The fourth-order valence-electron chi connectivity index (χ4n) is 1.59. The molecule has 1 rings (SSSR count). The van der Waals surface area contributed by atoms with Gasteiger partial charge in [0.1, 0.15) is 0 Å². The van der Waals surface area contributed by atoms with Crippen molar-refractivity contribution in [1.82, 2.24) is 0 Å². The molecule has 0 bridgehead atoms. The minimum atomic E-state index is 0.0556. The summed E-state index contributed by atoms with van der Waals surface area (Å²) in [6.45, 7) is 22.9. The molecule has 1 aliphatic carbocycles. The fraction of sp³-hybridized carbons (Fsp3) is 0.818. The van der Waals surface area contributed by atoms with Gasteiger partial charge in [0.2, 0.25) is 0 Å². The van der Waals surface area contributed by atoms with Crippen LogP contribution in [0.5, 0.6) is 0 Å². The van der Waals surface area contributed by atoms with Gasteiger partial charge < -0.3 is 15.3 Å². The van der Waals surface area contributed by atoms with Crippen molar-refractivity contribution in [1.29, 1.82) is 0 Å². The Morgan fingerprint density at radius 2 is 0.923 bits per heavy atom. The summed E-state index contributed by atoms with van der Waals surface area (Å²) in [6.07, 6.45) is 0. The number of allylic oxidation sites excluding steroid dienone is 4. The quantitative estimate of drug-likeness (QED) is 0.681. The van der Waals surface area contributed by atoms with Gasteiger partial charge in [0.15, 0.2) is 0 Å². The minimum absolute atomic E-state index is 0.0556. The zero-order chi connectivity index (χ0) is 21.7. The molecule has 0 unspecified atom stereocenters. The Bertz CT molecular complexity index is 374.